The van der Waals surface area contributed by atoms with E-state index in [0.717, 1.165) is 0 Å². The van der Waals surface area contributed by atoms with Crippen LogP contribution in [0.25, 0.3) is 11.1 Å². The van der Waals surface area contributed by atoms with E-state index in [2.05, 4.69) is 79.7 Å². The molecule has 1 heteroatoms. The summed E-state index contributed by atoms with van der Waals surface area (Å²) in [6, 6.07) is 25.6. The summed E-state index contributed by atoms with van der Waals surface area (Å²) in [5.41, 5.74) is 6.94. The van der Waals surface area contributed by atoms with Gasteiger partial charge in [0.25, 0.3) is 0 Å². The van der Waals surface area contributed by atoms with E-state index in [0.29, 0.717) is 0 Å². The van der Waals surface area contributed by atoms with E-state index < -0.39 is 5.60 Å². The van der Waals surface area contributed by atoms with Crippen LogP contribution in [0.3, 0.4) is 0 Å². The summed E-state index contributed by atoms with van der Waals surface area (Å²) in [4.78, 5) is 0. The van der Waals surface area contributed by atoms with Crippen LogP contribution in [0.2, 0.25) is 0 Å². The first-order valence-electron chi connectivity index (χ1n) is 7.59. The van der Waals surface area contributed by atoms with Gasteiger partial charge in [-0.15, -0.1) is 0 Å². The summed E-state index contributed by atoms with van der Waals surface area (Å²) < 4.78 is 6.22. The highest BCUT2D eigenvalue weighted by molar-refractivity contribution is 5.82. The number of benzene rings is 3. The largest absolute Gasteiger partial charge is 0.364 e. The van der Waals surface area contributed by atoms with Crippen molar-refractivity contribution < 1.29 is 4.74 Å². The van der Waals surface area contributed by atoms with E-state index in [1.54, 1.807) is 0 Å². The standard InChI is InChI=1S/C21H18O/c1-15-9-3-6-12-18(15)21(22-2)19-13-7-4-10-16(19)17-11-5-8-14-20(17)21/h3-14H,1-2H3. The molecule has 0 spiro atoms. The normalized spacial score (nSPS) is 14.5. The van der Waals surface area contributed by atoms with E-state index >= 15 is 0 Å². The van der Waals surface area contributed by atoms with Crippen molar-refractivity contribution in [2.75, 3.05) is 7.11 Å². The molecule has 0 heterocycles. The quantitative estimate of drug-likeness (QED) is 0.650. The van der Waals surface area contributed by atoms with Crippen molar-refractivity contribution in [3.63, 3.8) is 0 Å². The molecule has 0 fully saturated rings. The van der Waals surface area contributed by atoms with Gasteiger partial charge >= 0.3 is 0 Å². The number of aryl methyl sites for hydroxylation is 1. The van der Waals surface area contributed by atoms with Crippen molar-refractivity contribution in [2.24, 2.45) is 0 Å². The van der Waals surface area contributed by atoms with Gasteiger partial charge < -0.3 is 4.74 Å². The molecule has 0 saturated heterocycles. The fourth-order valence-corrected chi connectivity index (χ4v) is 3.78. The van der Waals surface area contributed by atoms with Crippen LogP contribution in [-0.2, 0) is 10.3 Å². The highest BCUT2D eigenvalue weighted by atomic mass is 16.5. The minimum absolute atomic E-state index is 0.515. The highest BCUT2D eigenvalue weighted by Crippen LogP contribution is 2.53. The lowest BCUT2D eigenvalue weighted by molar-refractivity contribution is 0.0619. The number of ether oxygens (including phenoxy) is 1. The Balaban J connectivity index is 2.14. The van der Waals surface area contributed by atoms with E-state index in [1.807, 2.05) is 7.11 Å². The summed E-state index contributed by atoms with van der Waals surface area (Å²) in [6.07, 6.45) is 0. The second-order valence-corrected chi connectivity index (χ2v) is 5.79. The zero-order valence-electron chi connectivity index (χ0n) is 12.8. The Morgan fingerprint density at radius 1 is 0.636 bits per heavy atom. The lowest BCUT2D eigenvalue weighted by Gasteiger charge is -2.32. The van der Waals surface area contributed by atoms with E-state index in [-0.39, 0.29) is 0 Å². The van der Waals surface area contributed by atoms with Crippen molar-refractivity contribution in [3.05, 3.63) is 95.1 Å². The fraction of sp³-hybridized carbons (Fsp3) is 0.143. The summed E-state index contributed by atoms with van der Waals surface area (Å²) in [7, 11) is 1.81. The summed E-state index contributed by atoms with van der Waals surface area (Å²) in [5.74, 6) is 0. The van der Waals surface area contributed by atoms with Crippen LogP contribution in [0.5, 0.6) is 0 Å². The number of rotatable bonds is 2. The first kappa shape index (κ1) is 13.3. The molecular weight excluding hydrogens is 268 g/mol. The van der Waals surface area contributed by atoms with Crippen molar-refractivity contribution in [3.8, 4) is 11.1 Å². The average Bonchev–Trinajstić information content (AvgIpc) is 2.87. The molecule has 0 aliphatic heterocycles. The Labute approximate surface area is 131 Å². The Kier molecular flexibility index (Phi) is 2.91. The zero-order valence-corrected chi connectivity index (χ0v) is 12.8. The molecule has 22 heavy (non-hydrogen) atoms. The van der Waals surface area contributed by atoms with Gasteiger partial charge in [0.05, 0.1) is 0 Å². The molecule has 3 aromatic carbocycles. The third-order valence-electron chi connectivity index (χ3n) is 4.73. The first-order chi connectivity index (χ1) is 10.8. The second kappa shape index (κ2) is 4.82. The van der Waals surface area contributed by atoms with Crippen molar-refractivity contribution in [1.29, 1.82) is 0 Å². The van der Waals surface area contributed by atoms with Crippen LogP contribution < -0.4 is 0 Å². The molecule has 0 unspecified atom stereocenters. The summed E-state index contributed by atoms with van der Waals surface area (Å²) >= 11 is 0. The molecule has 0 amide bonds. The number of hydrogen-bond acceptors (Lipinski definition) is 1. The van der Waals surface area contributed by atoms with E-state index in [4.69, 9.17) is 4.74 Å². The summed E-state index contributed by atoms with van der Waals surface area (Å²) in [6.45, 7) is 2.15. The molecule has 1 nitrogen and oxygen atoms in total. The van der Waals surface area contributed by atoms with Crippen LogP contribution in [0.15, 0.2) is 72.8 Å². The molecule has 0 radical (unpaired) electrons. The molecule has 0 N–H and O–H groups in total. The molecule has 1 aliphatic carbocycles. The van der Waals surface area contributed by atoms with Crippen molar-refractivity contribution >= 4 is 0 Å². The summed E-state index contributed by atoms with van der Waals surface area (Å²) in [5, 5.41) is 0. The lowest BCUT2D eigenvalue weighted by atomic mass is 9.82. The molecule has 0 saturated carbocycles. The van der Waals surface area contributed by atoms with Crippen LogP contribution in [0.4, 0.5) is 0 Å². The maximum Gasteiger partial charge on any atom is 0.144 e. The SMILES string of the molecule is COC1(c2ccccc2C)c2ccccc2-c2ccccc21. The molecule has 0 atom stereocenters. The smallest absolute Gasteiger partial charge is 0.144 e. The monoisotopic (exact) mass is 286 g/mol. The molecule has 3 aromatic rings. The van der Waals surface area contributed by atoms with Gasteiger partial charge in [-0.25, -0.2) is 0 Å². The van der Waals surface area contributed by atoms with Crippen LogP contribution >= 0.6 is 0 Å². The van der Waals surface area contributed by atoms with E-state index in [9.17, 15) is 0 Å². The zero-order chi connectivity index (χ0) is 15.2. The average molecular weight is 286 g/mol. The van der Waals surface area contributed by atoms with Crippen molar-refractivity contribution in [2.45, 2.75) is 12.5 Å². The maximum absolute atomic E-state index is 6.22. The molecule has 4 rings (SSSR count). The van der Waals surface area contributed by atoms with Gasteiger partial charge in [-0.1, -0.05) is 72.8 Å². The van der Waals surface area contributed by atoms with Gasteiger partial charge in [-0.05, 0) is 29.2 Å². The second-order valence-electron chi connectivity index (χ2n) is 5.79. The topological polar surface area (TPSA) is 9.23 Å². The highest BCUT2D eigenvalue weighted by Gasteiger charge is 2.45. The lowest BCUT2D eigenvalue weighted by Crippen LogP contribution is -2.30. The maximum atomic E-state index is 6.22. The van der Waals surface area contributed by atoms with Gasteiger partial charge in [0.15, 0.2) is 0 Å². The first-order valence-corrected chi connectivity index (χ1v) is 7.59. The third-order valence-corrected chi connectivity index (χ3v) is 4.73. The molecular formula is C21H18O. The molecule has 108 valence electrons. The molecule has 0 aromatic heterocycles. The fourth-order valence-electron chi connectivity index (χ4n) is 3.78. The number of methoxy groups -OCH3 is 1. The van der Waals surface area contributed by atoms with Gasteiger partial charge in [0.1, 0.15) is 5.60 Å². The van der Waals surface area contributed by atoms with Gasteiger partial charge in [-0.2, -0.15) is 0 Å². The Hall–Kier alpha value is -2.38. The Morgan fingerprint density at radius 3 is 1.59 bits per heavy atom. The Bertz CT molecular complexity index is 802. The van der Waals surface area contributed by atoms with E-state index in [1.165, 1.54) is 33.4 Å². The van der Waals surface area contributed by atoms with Crippen LogP contribution in [0, 0.1) is 6.92 Å². The van der Waals surface area contributed by atoms with Gasteiger partial charge in [0.2, 0.25) is 0 Å². The predicted molar refractivity (Wildman–Crippen MR) is 89.9 cm³/mol. The predicted octanol–water partition coefficient (Wildman–Crippen LogP) is 4.91. The molecule has 0 bridgehead atoms. The number of fused-ring (bicyclic) bond motifs is 3. The van der Waals surface area contributed by atoms with Crippen LogP contribution in [0.1, 0.15) is 22.3 Å². The minimum Gasteiger partial charge on any atom is -0.364 e. The Morgan fingerprint density at radius 2 is 1.09 bits per heavy atom. The van der Waals surface area contributed by atoms with Gasteiger partial charge in [0, 0.05) is 18.2 Å². The third kappa shape index (κ3) is 1.57. The number of hydrogen-bond donors (Lipinski definition) is 0. The van der Waals surface area contributed by atoms with Gasteiger partial charge in [-0.3, -0.25) is 0 Å². The minimum atomic E-state index is -0.515. The molecule has 1 aliphatic rings. The van der Waals surface area contributed by atoms with Crippen LogP contribution in [-0.4, -0.2) is 7.11 Å². The van der Waals surface area contributed by atoms with Crippen molar-refractivity contribution in [1.82, 2.24) is 0 Å².